The van der Waals surface area contributed by atoms with Crippen molar-refractivity contribution in [3.63, 3.8) is 0 Å². The van der Waals surface area contributed by atoms with Crippen molar-refractivity contribution in [1.29, 1.82) is 0 Å². The van der Waals surface area contributed by atoms with Gasteiger partial charge in [-0.2, -0.15) is 5.10 Å². The minimum atomic E-state index is -0.118. The van der Waals surface area contributed by atoms with Crippen LogP contribution in [0.2, 0.25) is 0 Å². The predicted octanol–water partition coefficient (Wildman–Crippen LogP) is 4.54. The first-order valence-electron chi connectivity index (χ1n) is 11.6. The van der Waals surface area contributed by atoms with E-state index < -0.39 is 0 Å². The maximum Gasteiger partial charge on any atom is 0.255 e. The molecule has 2 N–H and O–H groups in total. The highest BCUT2D eigenvalue weighted by Gasteiger charge is 2.24. The number of carbonyl (C=O) groups is 1. The molecular weight excluding hydrogens is 402 g/mol. The number of carbonyl (C=O) groups excluding carboxylic acids is 1. The number of pyridine rings is 1. The predicted molar refractivity (Wildman–Crippen MR) is 127 cm³/mol. The van der Waals surface area contributed by atoms with Gasteiger partial charge in [0.15, 0.2) is 5.65 Å². The minimum absolute atomic E-state index is 0.0614. The molecule has 0 saturated carbocycles. The second-order valence-electron chi connectivity index (χ2n) is 8.52. The summed E-state index contributed by atoms with van der Waals surface area (Å²) in [7, 11) is 0. The maximum atomic E-state index is 13.5. The molecule has 1 saturated heterocycles. The van der Waals surface area contributed by atoms with Gasteiger partial charge in [-0.15, -0.1) is 0 Å². The molecule has 0 aliphatic carbocycles. The summed E-state index contributed by atoms with van der Waals surface area (Å²) in [6.45, 7) is 10.5. The monoisotopic (exact) mass is 435 g/mol. The standard InChI is InChI=1S/C25H33N5O2/c1-5-21(22-16(3)8-7-9-17(22)4)29-25(31)20-14-26-24-19(15-27-30(24)6-2)23(20)28-18-10-12-32-13-11-18/h7-9,14-15,18,21H,5-6,10-13H2,1-4H3,(H,26,28)(H,29,31). The summed E-state index contributed by atoms with van der Waals surface area (Å²) < 4.78 is 7.37. The fourth-order valence-corrected chi connectivity index (χ4v) is 4.62. The van der Waals surface area contributed by atoms with Gasteiger partial charge in [0.05, 0.1) is 28.9 Å². The second kappa shape index (κ2) is 9.69. The van der Waals surface area contributed by atoms with E-state index in [9.17, 15) is 4.79 Å². The molecule has 7 heteroatoms. The number of nitrogens with one attached hydrogen (secondary N) is 2. The molecular formula is C25H33N5O2. The van der Waals surface area contributed by atoms with Gasteiger partial charge in [0.2, 0.25) is 0 Å². The Hall–Kier alpha value is -2.93. The number of nitrogens with zero attached hydrogens (tertiary/aromatic N) is 3. The van der Waals surface area contributed by atoms with Gasteiger partial charge in [-0.05, 0) is 56.7 Å². The zero-order chi connectivity index (χ0) is 22.7. The molecule has 1 aromatic carbocycles. The summed E-state index contributed by atoms with van der Waals surface area (Å²) in [5, 5.41) is 12.3. The number of fused-ring (bicyclic) bond motifs is 1. The Morgan fingerprint density at radius 1 is 1.19 bits per heavy atom. The van der Waals surface area contributed by atoms with Crippen LogP contribution < -0.4 is 10.6 Å². The maximum absolute atomic E-state index is 13.5. The summed E-state index contributed by atoms with van der Waals surface area (Å²) in [6.07, 6.45) is 6.13. The Bertz CT molecular complexity index is 1080. The van der Waals surface area contributed by atoms with E-state index in [2.05, 4.69) is 59.7 Å². The van der Waals surface area contributed by atoms with Gasteiger partial charge in [0, 0.05) is 32.0 Å². The number of amides is 1. The molecule has 3 aromatic rings. The third-order valence-corrected chi connectivity index (χ3v) is 6.38. The largest absolute Gasteiger partial charge is 0.381 e. The molecule has 2 aromatic heterocycles. The Kier molecular flexibility index (Phi) is 6.74. The van der Waals surface area contributed by atoms with E-state index in [0.717, 1.165) is 55.7 Å². The molecule has 3 heterocycles. The smallest absolute Gasteiger partial charge is 0.255 e. The molecule has 1 aliphatic heterocycles. The highest BCUT2D eigenvalue weighted by atomic mass is 16.5. The molecule has 4 rings (SSSR count). The Balaban J connectivity index is 1.70. The van der Waals surface area contributed by atoms with E-state index in [1.807, 2.05) is 17.8 Å². The van der Waals surface area contributed by atoms with E-state index in [-0.39, 0.29) is 18.0 Å². The normalized spacial score (nSPS) is 15.6. The first-order valence-corrected chi connectivity index (χ1v) is 11.6. The topological polar surface area (TPSA) is 81.1 Å². The van der Waals surface area contributed by atoms with Crippen LogP contribution in [0.4, 0.5) is 5.69 Å². The molecule has 0 spiro atoms. The number of hydrogen-bond acceptors (Lipinski definition) is 5. The van der Waals surface area contributed by atoms with Crippen LogP contribution in [-0.2, 0) is 11.3 Å². The van der Waals surface area contributed by atoms with Gasteiger partial charge in [-0.3, -0.25) is 4.79 Å². The van der Waals surface area contributed by atoms with Crippen LogP contribution in [0, 0.1) is 13.8 Å². The van der Waals surface area contributed by atoms with Gasteiger partial charge in [0.25, 0.3) is 5.91 Å². The Morgan fingerprint density at radius 2 is 1.91 bits per heavy atom. The average Bonchev–Trinajstić information content (AvgIpc) is 3.22. The van der Waals surface area contributed by atoms with E-state index in [4.69, 9.17) is 4.74 Å². The summed E-state index contributed by atoms with van der Waals surface area (Å²) in [5.41, 5.74) is 5.74. The van der Waals surface area contributed by atoms with Crippen LogP contribution in [0.5, 0.6) is 0 Å². The van der Waals surface area contributed by atoms with Crippen molar-refractivity contribution in [1.82, 2.24) is 20.1 Å². The van der Waals surface area contributed by atoms with E-state index in [1.165, 1.54) is 16.7 Å². The van der Waals surface area contributed by atoms with E-state index in [0.29, 0.717) is 5.56 Å². The fourth-order valence-electron chi connectivity index (χ4n) is 4.62. The molecule has 1 amide bonds. The van der Waals surface area contributed by atoms with Crippen LogP contribution in [0.1, 0.15) is 66.2 Å². The van der Waals surface area contributed by atoms with E-state index in [1.54, 1.807) is 6.20 Å². The lowest BCUT2D eigenvalue weighted by Gasteiger charge is -2.26. The number of aryl methyl sites for hydroxylation is 3. The summed E-state index contributed by atoms with van der Waals surface area (Å²) in [6, 6.07) is 6.45. The Labute approximate surface area is 189 Å². The van der Waals surface area contributed by atoms with Crippen LogP contribution in [0.25, 0.3) is 11.0 Å². The van der Waals surface area contributed by atoms with Crippen molar-refractivity contribution in [2.24, 2.45) is 0 Å². The zero-order valence-electron chi connectivity index (χ0n) is 19.4. The Morgan fingerprint density at radius 3 is 2.56 bits per heavy atom. The third-order valence-electron chi connectivity index (χ3n) is 6.38. The SMILES string of the molecule is CCC(NC(=O)c1cnc2c(cnn2CC)c1NC1CCOCC1)c1c(C)cccc1C. The average molecular weight is 436 g/mol. The zero-order valence-corrected chi connectivity index (χ0v) is 19.4. The molecule has 1 aliphatic rings. The van der Waals surface area contributed by atoms with Crippen molar-refractivity contribution in [3.05, 3.63) is 52.8 Å². The van der Waals surface area contributed by atoms with Gasteiger partial charge in [0.1, 0.15) is 0 Å². The second-order valence-corrected chi connectivity index (χ2v) is 8.52. The number of rotatable bonds is 7. The highest BCUT2D eigenvalue weighted by Crippen LogP contribution is 2.30. The molecule has 0 radical (unpaired) electrons. The molecule has 1 fully saturated rings. The third kappa shape index (κ3) is 4.35. The molecule has 0 bridgehead atoms. The minimum Gasteiger partial charge on any atom is -0.381 e. The molecule has 170 valence electrons. The van der Waals surface area contributed by atoms with Crippen LogP contribution in [0.3, 0.4) is 0 Å². The first-order chi connectivity index (χ1) is 15.5. The number of ether oxygens (including phenoxy) is 1. The van der Waals surface area contributed by atoms with Crippen LogP contribution in [0.15, 0.2) is 30.6 Å². The summed E-state index contributed by atoms with van der Waals surface area (Å²) >= 11 is 0. The fraction of sp³-hybridized carbons (Fsp3) is 0.480. The van der Waals surface area contributed by atoms with Gasteiger partial charge in [-0.1, -0.05) is 25.1 Å². The van der Waals surface area contributed by atoms with Gasteiger partial charge >= 0.3 is 0 Å². The number of benzene rings is 1. The van der Waals surface area contributed by atoms with Gasteiger partial charge < -0.3 is 15.4 Å². The molecule has 1 unspecified atom stereocenters. The van der Waals surface area contributed by atoms with Crippen molar-refractivity contribution in [2.45, 2.75) is 65.6 Å². The lowest BCUT2D eigenvalue weighted by molar-refractivity contribution is 0.0903. The number of hydrogen-bond donors (Lipinski definition) is 2. The summed E-state index contributed by atoms with van der Waals surface area (Å²) in [4.78, 5) is 18.2. The van der Waals surface area contributed by atoms with Crippen molar-refractivity contribution in [2.75, 3.05) is 18.5 Å². The first kappa shape index (κ1) is 22.3. The quantitative estimate of drug-likeness (QED) is 0.569. The van der Waals surface area contributed by atoms with Crippen LogP contribution >= 0.6 is 0 Å². The van der Waals surface area contributed by atoms with E-state index >= 15 is 0 Å². The lowest BCUT2D eigenvalue weighted by Crippen LogP contribution is -2.32. The summed E-state index contributed by atoms with van der Waals surface area (Å²) in [5.74, 6) is -0.118. The lowest BCUT2D eigenvalue weighted by atomic mass is 9.94. The highest BCUT2D eigenvalue weighted by molar-refractivity contribution is 6.06. The van der Waals surface area contributed by atoms with Crippen molar-refractivity contribution in [3.8, 4) is 0 Å². The molecule has 7 nitrogen and oxygen atoms in total. The van der Waals surface area contributed by atoms with Crippen molar-refractivity contribution < 1.29 is 9.53 Å². The molecule has 1 atom stereocenters. The number of anilines is 1. The van der Waals surface area contributed by atoms with Gasteiger partial charge in [-0.25, -0.2) is 9.67 Å². The van der Waals surface area contributed by atoms with Crippen molar-refractivity contribution >= 4 is 22.6 Å². The number of aromatic nitrogens is 3. The van der Waals surface area contributed by atoms with Crippen LogP contribution in [-0.4, -0.2) is 39.9 Å². The molecule has 32 heavy (non-hydrogen) atoms.